The molecule has 4 N–H and O–H groups in total. The zero-order chi connectivity index (χ0) is 5.70. The minimum atomic E-state index is 0. The average molecular weight is 205 g/mol. The second-order valence-electron chi connectivity index (χ2n) is 0.745. The molecule has 0 aliphatic carbocycles. The van der Waals surface area contributed by atoms with E-state index in [2.05, 4.69) is 10.5 Å². The quantitative estimate of drug-likeness (QED) is 0.189. The Labute approximate surface area is 102 Å². The van der Waals surface area contributed by atoms with Gasteiger partial charge in [0.15, 0.2) is 0 Å². The van der Waals surface area contributed by atoms with Crippen molar-refractivity contribution < 1.29 is 58.2 Å². The van der Waals surface area contributed by atoms with Crippen LogP contribution in [-0.4, -0.2) is 11.4 Å². The summed E-state index contributed by atoms with van der Waals surface area (Å²) in [5, 5.41) is 3.62. The van der Waals surface area contributed by atoms with Crippen molar-refractivity contribution in [2.24, 2.45) is 16.8 Å². The summed E-state index contributed by atoms with van der Waals surface area (Å²) < 4.78 is 0. The summed E-state index contributed by atoms with van der Waals surface area (Å²) in [6, 6.07) is 0. The van der Waals surface area contributed by atoms with Gasteiger partial charge in [-0.15, -0.1) is 11.8 Å². The van der Waals surface area contributed by atoms with Gasteiger partial charge in [-0.25, -0.2) is 0 Å². The molecule has 0 aromatic carbocycles. The molecule has 0 saturated heterocycles. The van der Waals surface area contributed by atoms with Gasteiger partial charge >= 0.3 is 58.2 Å². The van der Waals surface area contributed by atoms with Crippen LogP contribution in [0.4, 0.5) is 0 Å². The van der Waals surface area contributed by atoms with Crippen molar-refractivity contribution in [3.63, 3.8) is 0 Å². The maximum absolute atomic E-state index is 4.79. The molecule has 0 bridgehead atoms. The zero-order valence-electron chi connectivity index (χ0n) is 4.96. The number of hydrazone groups is 1. The van der Waals surface area contributed by atoms with E-state index in [9.17, 15) is 0 Å². The standard InChI is InChI=1S/C2H7N4S.Rb/c1-7-2(5-3)6-4;/h3-4H2,1H3;/q-1;+1. The second kappa shape index (κ2) is 8.39. The Hall–Kier alpha value is 1.39. The number of thioether (sulfide) groups is 1. The number of nitrogens with zero attached hydrogens (tertiary/aromatic N) is 2. The summed E-state index contributed by atoms with van der Waals surface area (Å²) in [7, 11) is 0. The minimum Gasteiger partial charge on any atom is -0.410 e. The fourth-order valence-corrected chi connectivity index (χ4v) is 0.350. The van der Waals surface area contributed by atoms with Gasteiger partial charge < -0.3 is 22.2 Å². The Morgan fingerprint density at radius 3 is 2.25 bits per heavy atom. The number of nitrogens with two attached hydrogens (primary N) is 2. The van der Waals surface area contributed by atoms with Crippen LogP contribution in [0.5, 0.6) is 0 Å². The van der Waals surface area contributed by atoms with Crippen molar-refractivity contribution in [2.45, 2.75) is 0 Å². The Bertz CT molecular complexity index is 68.4. The van der Waals surface area contributed by atoms with Gasteiger partial charge in [0.1, 0.15) is 0 Å². The first-order valence-electron chi connectivity index (χ1n) is 1.58. The van der Waals surface area contributed by atoms with Crippen LogP contribution in [0.15, 0.2) is 5.10 Å². The van der Waals surface area contributed by atoms with E-state index < -0.39 is 0 Å². The van der Waals surface area contributed by atoms with E-state index in [1.165, 1.54) is 11.8 Å². The summed E-state index contributed by atoms with van der Waals surface area (Å²) in [5.74, 6) is 9.57. The van der Waals surface area contributed by atoms with E-state index in [0.717, 1.165) is 0 Å². The maximum atomic E-state index is 4.79. The molecule has 6 heteroatoms. The van der Waals surface area contributed by atoms with Gasteiger partial charge in [0.05, 0.1) is 0 Å². The van der Waals surface area contributed by atoms with E-state index in [4.69, 9.17) is 11.7 Å². The van der Waals surface area contributed by atoms with Gasteiger partial charge in [0.2, 0.25) is 0 Å². The molecule has 0 aromatic rings. The summed E-state index contributed by atoms with van der Waals surface area (Å²) in [6.07, 6.45) is 1.79. The number of rotatable bonds is 0. The first-order valence-corrected chi connectivity index (χ1v) is 2.80. The molecule has 4 nitrogen and oxygen atoms in total. The second-order valence-corrected chi connectivity index (χ2v) is 1.52. The van der Waals surface area contributed by atoms with Crippen LogP contribution < -0.4 is 69.9 Å². The van der Waals surface area contributed by atoms with Crippen LogP contribution in [0.2, 0.25) is 0 Å². The van der Waals surface area contributed by atoms with E-state index in [1.807, 2.05) is 0 Å². The van der Waals surface area contributed by atoms with Crippen LogP contribution in [0.1, 0.15) is 0 Å². The van der Waals surface area contributed by atoms with Crippen LogP contribution >= 0.6 is 11.8 Å². The summed E-state index contributed by atoms with van der Waals surface area (Å²) in [5.41, 5.74) is 3.21. The molecule has 0 unspecified atom stereocenters. The molecule has 42 valence electrons. The molecule has 0 aliphatic rings. The van der Waals surface area contributed by atoms with Crippen LogP contribution in [0.3, 0.4) is 0 Å². The van der Waals surface area contributed by atoms with Gasteiger partial charge in [0.25, 0.3) is 0 Å². The molecule has 0 atom stereocenters. The molecule has 0 spiro atoms. The zero-order valence-corrected chi connectivity index (χ0v) is 10.7. The average Bonchev–Trinajstić information content (AvgIpc) is 1.72. The van der Waals surface area contributed by atoms with Crippen LogP contribution in [0, 0.1) is 0 Å². The summed E-state index contributed by atoms with van der Waals surface area (Å²) in [4.78, 5) is 0. The molecule has 0 radical (unpaired) electrons. The van der Waals surface area contributed by atoms with Gasteiger partial charge in [-0.3, -0.25) is 0 Å². The van der Waals surface area contributed by atoms with Crippen molar-refractivity contribution in [1.82, 2.24) is 0 Å². The number of hydrogen-bond donors (Lipinski definition) is 2. The molecular weight excluding hydrogens is 198 g/mol. The fourth-order valence-electron chi connectivity index (χ4n) is 0.139. The molecule has 0 aromatic heterocycles. The van der Waals surface area contributed by atoms with E-state index in [-0.39, 0.29) is 58.2 Å². The molecule has 0 saturated carbocycles. The Morgan fingerprint density at radius 2 is 2.25 bits per heavy atom. The van der Waals surface area contributed by atoms with Crippen molar-refractivity contribution in [3.8, 4) is 0 Å². The van der Waals surface area contributed by atoms with E-state index >= 15 is 0 Å². The first-order chi connectivity index (χ1) is 3.35. The molecule has 0 fully saturated rings. The molecule has 0 rings (SSSR count). The maximum Gasteiger partial charge on any atom is 1.00 e. The molecule has 8 heavy (non-hydrogen) atoms. The Morgan fingerprint density at radius 1 is 1.75 bits per heavy atom. The van der Waals surface area contributed by atoms with Gasteiger partial charge in [-0.2, -0.15) is 0 Å². The predicted molar refractivity (Wildman–Crippen MR) is 32.7 cm³/mol. The first kappa shape index (κ1) is 12.1. The largest absolute Gasteiger partial charge is 1.00 e. The molecule has 0 aliphatic heterocycles. The summed E-state index contributed by atoms with van der Waals surface area (Å²) in [6.45, 7) is 0. The minimum absolute atomic E-state index is 0. The third-order valence-electron chi connectivity index (χ3n) is 0.403. The van der Waals surface area contributed by atoms with Gasteiger partial charge in [-0.1, -0.05) is 0 Å². The van der Waals surface area contributed by atoms with Crippen molar-refractivity contribution >= 4 is 16.9 Å². The monoisotopic (exact) mass is 204 g/mol. The Kier molecular flexibility index (Phi) is 12.7. The van der Waals surface area contributed by atoms with Gasteiger partial charge in [0, 0.05) is 0 Å². The van der Waals surface area contributed by atoms with Crippen molar-refractivity contribution in [1.29, 1.82) is 0 Å². The van der Waals surface area contributed by atoms with Crippen LogP contribution in [0.25, 0.3) is 5.43 Å². The smallest absolute Gasteiger partial charge is 0.410 e. The molecule has 0 heterocycles. The number of amidine groups is 1. The number of hydrogen-bond acceptors (Lipinski definition) is 4. The fraction of sp³-hybridized carbons (Fsp3) is 0.500. The third kappa shape index (κ3) is 5.52. The third-order valence-corrected chi connectivity index (χ3v) is 0.979. The van der Waals surface area contributed by atoms with E-state index in [0.29, 0.717) is 5.17 Å². The summed E-state index contributed by atoms with van der Waals surface area (Å²) >= 11 is 1.30. The van der Waals surface area contributed by atoms with E-state index in [1.54, 1.807) is 6.26 Å². The van der Waals surface area contributed by atoms with Gasteiger partial charge in [-0.05, 0) is 11.4 Å². The predicted octanol–water partition coefficient (Wildman–Crippen LogP) is -3.17. The Balaban J connectivity index is 0. The van der Waals surface area contributed by atoms with Crippen LogP contribution in [-0.2, 0) is 0 Å². The SMILES string of the molecule is CS/C(=N/N)[N-]N.[Rb+]. The topological polar surface area (TPSA) is 78.5 Å². The molecular formula is C2H7N4RbS. The van der Waals surface area contributed by atoms with Crippen molar-refractivity contribution in [3.05, 3.63) is 5.43 Å². The molecule has 0 amide bonds. The van der Waals surface area contributed by atoms with Crippen molar-refractivity contribution in [2.75, 3.05) is 6.26 Å². The normalized spacial score (nSPS) is 10.0.